The molecule has 0 amide bonds. The van der Waals surface area contributed by atoms with E-state index in [-0.39, 0.29) is 31.1 Å². The highest BCUT2D eigenvalue weighted by atomic mass is 79.9. The standard InChI is InChI=1S/C29H16Br2F6N2/c1-13-23(30)17(15-9-5-3-6-10-15)19-21-22(28(34,35)29(36,37)27(21,32)33)20-18(16-11-7-4-8-12-16)24(31)14(2)39-26(20)25(19)38-13/h3-12H,1-2H3. The molecule has 2 aromatic heterocycles. The van der Waals surface area contributed by atoms with Gasteiger partial charge in [-0.2, -0.15) is 26.3 Å². The van der Waals surface area contributed by atoms with Crippen LogP contribution in [0.2, 0.25) is 0 Å². The van der Waals surface area contributed by atoms with Crippen molar-refractivity contribution in [2.45, 2.75) is 31.6 Å². The number of pyridine rings is 2. The van der Waals surface area contributed by atoms with Crippen molar-refractivity contribution in [3.63, 3.8) is 0 Å². The molecule has 1 aliphatic rings. The lowest BCUT2D eigenvalue weighted by Gasteiger charge is -2.24. The van der Waals surface area contributed by atoms with E-state index >= 15 is 26.3 Å². The summed E-state index contributed by atoms with van der Waals surface area (Å²) in [5.74, 6) is -16.1. The maximum atomic E-state index is 15.8. The Labute approximate surface area is 235 Å². The van der Waals surface area contributed by atoms with Gasteiger partial charge < -0.3 is 0 Å². The first kappa shape index (κ1) is 26.3. The number of nitrogens with zero attached hydrogens (tertiary/aromatic N) is 2. The van der Waals surface area contributed by atoms with E-state index in [1.165, 1.54) is 0 Å². The Bertz CT molecular complexity index is 1690. The van der Waals surface area contributed by atoms with Crippen LogP contribution in [-0.4, -0.2) is 15.9 Å². The molecule has 1 aliphatic carbocycles. The number of rotatable bonds is 2. The van der Waals surface area contributed by atoms with Gasteiger partial charge in [0.25, 0.3) is 0 Å². The second-order valence-electron chi connectivity index (χ2n) is 9.42. The Morgan fingerprint density at radius 3 is 1.23 bits per heavy atom. The summed E-state index contributed by atoms with van der Waals surface area (Å²) in [6, 6.07) is 16.3. The third kappa shape index (κ3) is 3.33. The van der Waals surface area contributed by atoms with Crippen LogP contribution in [0.5, 0.6) is 0 Å². The molecule has 0 saturated heterocycles. The zero-order valence-electron chi connectivity index (χ0n) is 20.2. The van der Waals surface area contributed by atoms with Gasteiger partial charge in [0.2, 0.25) is 0 Å². The molecular weight excluding hydrogens is 650 g/mol. The molecule has 0 bridgehead atoms. The van der Waals surface area contributed by atoms with E-state index in [4.69, 9.17) is 0 Å². The van der Waals surface area contributed by atoms with Crippen LogP contribution in [-0.2, 0) is 11.8 Å². The van der Waals surface area contributed by atoms with Crippen molar-refractivity contribution in [2.75, 3.05) is 0 Å². The summed E-state index contributed by atoms with van der Waals surface area (Å²) in [6.07, 6.45) is 0. The van der Waals surface area contributed by atoms with Crippen molar-refractivity contribution in [3.8, 4) is 22.3 Å². The summed E-state index contributed by atoms with van der Waals surface area (Å²) in [7, 11) is 0. The average molecular weight is 666 g/mol. The van der Waals surface area contributed by atoms with Crippen LogP contribution >= 0.6 is 31.9 Å². The van der Waals surface area contributed by atoms with Crippen molar-refractivity contribution in [1.29, 1.82) is 0 Å². The van der Waals surface area contributed by atoms with Crippen molar-refractivity contribution in [3.05, 3.63) is 92.1 Å². The molecule has 5 aromatic rings. The van der Waals surface area contributed by atoms with E-state index in [0.717, 1.165) is 0 Å². The van der Waals surface area contributed by atoms with Gasteiger partial charge in [-0.15, -0.1) is 0 Å². The van der Waals surface area contributed by atoms with Gasteiger partial charge in [-0.05, 0) is 56.8 Å². The Morgan fingerprint density at radius 1 is 0.564 bits per heavy atom. The number of aromatic nitrogens is 2. The highest BCUT2D eigenvalue weighted by Crippen LogP contribution is 2.67. The molecule has 0 radical (unpaired) electrons. The molecule has 0 aliphatic heterocycles. The summed E-state index contributed by atoms with van der Waals surface area (Å²) in [5.41, 5.74) is -1.64. The number of alkyl halides is 6. The van der Waals surface area contributed by atoms with Crippen molar-refractivity contribution >= 4 is 53.7 Å². The Kier molecular flexibility index (Phi) is 5.73. The van der Waals surface area contributed by atoms with E-state index in [1.807, 2.05) is 0 Å². The molecular formula is C29H16Br2F6N2. The van der Waals surface area contributed by atoms with Gasteiger partial charge in [-0.3, -0.25) is 0 Å². The van der Waals surface area contributed by atoms with E-state index in [0.29, 0.717) is 22.5 Å². The van der Waals surface area contributed by atoms with Crippen molar-refractivity contribution < 1.29 is 26.3 Å². The first-order chi connectivity index (χ1) is 18.3. The van der Waals surface area contributed by atoms with Gasteiger partial charge in [0.1, 0.15) is 0 Å². The predicted molar refractivity (Wildman–Crippen MR) is 146 cm³/mol. The number of aryl methyl sites for hydroxylation is 2. The van der Waals surface area contributed by atoms with Crippen LogP contribution in [0.4, 0.5) is 26.3 Å². The highest BCUT2D eigenvalue weighted by Gasteiger charge is 2.80. The first-order valence-electron chi connectivity index (χ1n) is 11.7. The zero-order chi connectivity index (χ0) is 28.1. The quantitative estimate of drug-likeness (QED) is 0.139. The highest BCUT2D eigenvalue weighted by molar-refractivity contribution is 9.11. The predicted octanol–water partition coefficient (Wildman–Crippen LogP) is 10.1. The Morgan fingerprint density at radius 2 is 0.897 bits per heavy atom. The molecule has 10 heteroatoms. The van der Waals surface area contributed by atoms with Crippen LogP contribution in [0.25, 0.3) is 44.1 Å². The molecule has 0 fully saturated rings. The first-order valence-corrected chi connectivity index (χ1v) is 13.3. The maximum absolute atomic E-state index is 15.8. The monoisotopic (exact) mass is 664 g/mol. The molecule has 39 heavy (non-hydrogen) atoms. The van der Waals surface area contributed by atoms with Crippen molar-refractivity contribution in [2.24, 2.45) is 0 Å². The third-order valence-electron chi connectivity index (χ3n) is 7.12. The molecule has 0 spiro atoms. The molecule has 0 N–H and O–H groups in total. The molecule has 0 unspecified atom stereocenters. The van der Waals surface area contributed by atoms with Crippen LogP contribution in [0, 0.1) is 13.8 Å². The van der Waals surface area contributed by atoms with Crippen LogP contribution in [0.3, 0.4) is 0 Å². The maximum Gasteiger partial charge on any atom is 0.380 e. The van der Waals surface area contributed by atoms with Crippen molar-refractivity contribution in [1.82, 2.24) is 9.97 Å². The number of hydrogen-bond acceptors (Lipinski definition) is 2. The molecule has 2 heterocycles. The summed E-state index contributed by atoms with van der Waals surface area (Å²) >= 11 is 6.74. The molecule has 2 nitrogen and oxygen atoms in total. The number of halogens is 8. The number of benzene rings is 3. The molecule has 0 saturated carbocycles. The van der Waals surface area contributed by atoms with Crippen LogP contribution < -0.4 is 0 Å². The second kappa shape index (κ2) is 8.51. The zero-order valence-corrected chi connectivity index (χ0v) is 23.4. The van der Waals surface area contributed by atoms with E-state index in [1.54, 1.807) is 74.5 Å². The van der Waals surface area contributed by atoms with E-state index in [9.17, 15) is 0 Å². The summed E-state index contributed by atoms with van der Waals surface area (Å²) < 4.78 is 94.1. The summed E-state index contributed by atoms with van der Waals surface area (Å²) in [5, 5.41) is -0.979. The topological polar surface area (TPSA) is 25.8 Å². The van der Waals surface area contributed by atoms with Gasteiger partial charge in [0.05, 0.1) is 22.4 Å². The minimum absolute atomic E-state index is 0.0630. The van der Waals surface area contributed by atoms with E-state index in [2.05, 4.69) is 41.8 Å². The lowest BCUT2D eigenvalue weighted by molar-refractivity contribution is -0.301. The fourth-order valence-electron chi connectivity index (χ4n) is 5.33. The minimum Gasteiger partial charge on any atom is -0.250 e. The fourth-order valence-corrected chi connectivity index (χ4v) is 6.37. The molecule has 198 valence electrons. The average Bonchev–Trinajstić information content (AvgIpc) is 3.01. The summed E-state index contributed by atoms with van der Waals surface area (Å²) in [6.45, 7) is 3.22. The smallest absolute Gasteiger partial charge is 0.250 e. The number of hydrogen-bond donors (Lipinski definition) is 0. The minimum atomic E-state index is -5.71. The van der Waals surface area contributed by atoms with Gasteiger partial charge >= 0.3 is 17.8 Å². The molecule has 0 atom stereocenters. The fraction of sp³-hybridized carbons (Fsp3) is 0.172. The SMILES string of the molecule is Cc1nc2c(c(-c3ccccc3)c1Br)c1c(c3c(-c4ccccc4)c(Br)c(C)nc32)C(F)(F)C(F)(F)C1(F)F. The largest absolute Gasteiger partial charge is 0.380 e. The van der Waals surface area contributed by atoms with Crippen LogP contribution in [0.15, 0.2) is 69.6 Å². The van der Waals surface area contributed by atoms with Crippen LogP contribution in [0.1, 0.15) is 22.5 Å². The van der Waals surface area contributed by atoms with Gasteiger partial charge in [-0.25, -0.2) is 9.97 Å². The Hall–Kier alpha value is -2.98. The lowest BCUT2D eigenvalue weighted by Crippen LogP contribution is -2.43. The van der Waals surface area contributed by atoms with Gasteiger partial charge in [0.15, 0.2) is 0 Å². The molecule has 6 rings (SSSR count). The van der Waals surface area contributed by atoms with E-state index < -0.39 is 39.7 Å². The van der Waals surface area contributed by atoms with Gasteiger partial charge in [-0.1, -0.05) is 60.7 Å². The van der Waals surface area contributed by atoms with Gasteiger partial charge in [0, 0.05) is 42.0 Å². The normalized spacial score (nSPS) is 17.1. The second-order valence-corrected chi connectivity index (χ2v) is 11.0. The number of fused-ring (bicyclic) bond motifs is 6. The molecule has 3 aromatic carbocycles. The summed E-state index contributed by atoms with van der Waals surface area (Å²) in [4.78, 5) is 8.97. The third-order valence-corrected chi connectivity index (χ3v) is 9.06. The Balaban J connectivity index is 2.01. The lowest BCUT2D eigenvalue weighted by atomic mass is 9.88.